The smallest absolute Gasteiger partial charge is 0.427 e. The minimum atomic E-state index is -4.77. The number of benzene rings is 1. The quantitative estimate of drug-likeness (QED) is 0.597. The second-order valence-electron chi connectivity index (χ2n) is 2.73. The Morgan fingerprint density at radius 3 is 2.44 bits per heavy atom. The Bertz CT molecular complexity index is 391. The molecule has 0 heterocycles. The van der Waals surface area contributed by atoms with Crippen LogP contribution in [0.1, 0.15) is 10.4 Å². The monoisotopic (exact) mass is 240 g/mol. The Labute approximate surface area is 86.6 Å². The fourth-order valence-electron chi connectivity index (χ4n) is 0.912. The Balaban J connectivity index is 3.06. The fourth-order valence-corrected chi connectivity index (χ4v) is 0.912. The first-order valence-electron chi connectivity index (χ1n) is 3.97. The number of hydrogen-bond acceptors (Lipinski definition) is 2. The third-order valence-corrected chi connectivity index (χ3v) is 1.63. The Morgan fingerprint density at radius 2 is 1.94 bits per heavy atom. The number of halogens is 5. The molecule has 0 saturated carbocycles. The molecule has 0 amide bonds. The number of alkyl halides is 4. The molecule has 0 unspecified atom stereocenters. The summed E-state index contributed by atoms with van der Waals surface area (Å²) in [5.41, 5.74) is -0.831. The Hall–Kier alpha value is -1.66. The molecule has 0 bridgehead atoms. The molecule has 0 aromatic heterocycles. The highest BCUT2D eigenvalue weighted by Crippen LogP contribution is 2.30. The van der Waals surface area contributed by atoms with Crippen molar-refractivity contribution in [2.45, 2.75) is 12.5 Å². The van der Waals surface area contributed by atoms with E-state index in [1.165, 1.54) is 0 Å². The van der Waals surface area contributed by atoms with Crippen LogP contribution in [0.15, 0.2) is 18.2 Å². The van der Waals surface area contributed by atoms with Crippen molar-refractivity contribution in [2.75, 3.05) is 0 Å². The van der Waals surface area contributed by atoms with E-state index in [2.05, 4.69) is 4.74 Å². The van der Waals surface area contributed by atoms with E-state index >= 15 is 0 Å². The molecule has 0 atom stereocenters. The molecule has 0 aliphatic carbocycles. The van der Waals surface area contributed by atoms with Crippen molar-refractivity contribution in [3.05, 3.63) is 29.6 Å². The maximum absolute atomic E-state index is 12.9. The highest BCUT2D eigenvalue weighted by atomic mass is 19.3. The first-order chi connectivity index (χ1) is 7.38. The molecule has 0 N–H and O–H groups in total. The van der Waals surface area contributed by atoms with Crippen LogP contribution in [-0.2, 0) is 0 Å². The summed E-state index contributed by atoms with van der Waals surface area (Å²) in [6, 6.07) is 2.57. The van der Waals surface area contributed by atoms with Gasteiger partial charge in [-0.2, -0.15) is 17.6 Å². The molecule has 7 heteroatoms. The summed E-state index contributed by atoms with van der Waals surface area (Å²) in [6.45, 7) is 0. The lowest BCUT2D eigenvalue weighted by Gasteiger charge is -2.17. The van der Waals surface area contributed by atoms with Crippen LogP contribution in [0, 0.1) is 5.82 Å². The maximum atomic E-state index is 12.9. The Morgan fingerprint density at radius 1 is 1.31 bits per heavy atom. The highest BCUT2D eigenvalue weighted by molar-refractivity contribution is 5.79. The lowest BCUT2D eigenvalue weighted by Crippen LogP contribution is -2.33. The second kappa shape index (κ2) is 4.46. The average molecular weight is 240 g/mol. The van der Waals surface area contributed by atoms with E-state index in [1.54, 1.807) is 0 Å². The molecule has 0 saturated heterocycles. The number of hydrogen-bond donors (Lipinski definition) is 0. The van der Waals surface area contributed by atoms with Gasteiger partial charge in [-0.25, -0.2) is 4.39 Å². The molecular weight excluding hydrogens is 235 g/mol. The zero-order valence-corrected chi connectivity index (χ0v) is 7.59. The van der Waals surface area contributed by atoms with E-state index in [-0.39, 0.29) is 6.29 Å². The summed E-state index contributed by atoms with van der Waals surface area (Å²) >= 11 is 0. The molecule has 0 aliphatic rings. The predicted molar refractivity (Wildman–Crippen MR) is 43.4 cm³/mol. The third-order valence-electron chi connectivity index (χ3n) is 1.63. The lowest BCUT2D eigenvalue weighted by atomic mass is 10.2. The number of ether oxygens (including phenoxy) is 1. The number of carbonyl (C=O) groups is 1. The fraction of sp³-hybridized carbons (Fsp3) is 0.222. The lowest BCUT2D eigenvalue weighted by molar-refractivity contribution is -0.253. The van der Waals surface area contributed by atoms with Crippen LogP contribution in [0.4, 0.5) is 22.0 Å². The van der Waals surface area contributed by atoms with E-state index in [0.29, 0.717) is 0 Å². The van der Waals surface area contributed by atoms with Gasteiger partial charge in [0, 0.05) is 0 Å². The molecule has 88 valence electrons. The number of carbonyl (C=O) groups excluding carboxylic acids is 1. The van der Waals surface area contributed by atoms with E-state index in [1.807, 2.05) is 0 Å². The molecule has 2 nitrogen and oxygen atoms in total. The minimum Gasteiger partial charge on any atom is -0.427 e. The first-order valence-corrected chi connectivity index (χ1v) is 3.97. The van der Waals surface area contributed by atoms with Crippen LogP contribution in [0.2, 0.25) is 0 Å². The topological polar surface area (TPSA) is 26.3 Å². The summed E-state index contributed by atoms with van der Waals surface area (Å²) in [4.78, 5) is 10.4. The van der Waals surface area contributed by atoms with E-state index in [4.69, 9.17) is 0 Å². The predicted octanol–water partition coefficient (Wildman–Crippen LogP) is 2.87. The molecule has 0 radical (unpaired) electrons. The van der Waals surface area contributed by atoms with Crippen LogP contribution in [-0.4, -0.2) is 18.8 Å². The molecule has 16 heavy (non-hydrogen) atoms. The maximum Gasteiger partial charge on any atom is 0.461 e. The molecular formula is C9H5F5O2. The molecule has 1 rings (SSSR count). The minimum absolute atomic E-state index is 0.0911. The van der Waals surface area contributed by atoms with Gasteiger partial charge in [-0.1, -0.05) is 6.07 Å². The van der Waals surface area contributed by atoms with Crippen molar-refractivity contribution in [1.82, 2.24) is 0 Å². The molecule has 0 aliphatic heterocycles. The number of aldehydes is 1. The summed E-state index contributed by atoms with van der Waals surface area (Å²) in [5, 5.41) is 0. The van der Waals surface area contributed by atoms with Crippen LogP contribution in [0.3, 0.4) is 0 Å². The standard InChI is InChI=1S/C9H5F5O2/c10-6-2-1-3-7(5(6)4-15)16-9(13,14)8(11)12/h1-4,8H. The van der Waals surface area contributed by atoms with Gasteiger partial charge < -0.3 is 4.74 Å². The molecule has 1 aromatic carbocycles. The van der Waals surface area contributed by atoms with Crippen molar-refractivity contribution < 1.29 is 31.5 Å². The van der Waals surface area contributed by atoms with Gasteiger partial charge in [-0.15, -0.1) is 0 Å². The SMILES string of the molecule is O=Cc1c(F)cccc1OC(F)(F)C(F)F. The van der Waals surface area contributed by atoms with Crippen LogP contribution in [0.25, 0.3) is 0 Å². The van der Waals surface area contributed by atoms with Crippen molar-refractivity contribution in [3.8, 4) is 5.75 Å². The van der Waals surface area contributed by atoms with Crippen LogP contribution < -0.4 is 4.74 Å². The zero-order valence-electron chi connectivity index (χ0n) is 7.59. The summed E-state index contributed by atoms with van der Waals surface area (Å²) < 4.78 is 65.0. The van der Waals surface area contributed by atoms with E-state index < -0.39 is 29.7 Å². The van der Waals surface area contributed by atoms with Crippen LogP contribution in [0.5, 0.6) is 5.75 Å². The van der Waals surface area contributed by atoms with Gasteiger partial charge in [0.05, 0.1) is 5.56 Å². The van der Waals surface area contributed by atoms with E-state index in [0.717, 1.165) is 18.2 Å². The first kappa shape index (κ1) is 12.4. The highest BCUT2D eigenvalue weighted by Gasteiger charge is 2.44. The molecule has 0 spiro atoms. The largest absolute Gasteiger partial charge is 0.461 e. The van der Waals surface area contributed by atoms with Gasteiger partial charge in [0.1, 0.15) is 11.6 Å². The van der Waals surface area contributed by atoms with Gasteiger partial charge in [-0.3, -0.25) is 4.79 Å². The summed E-state index contributed by atoms with van der Waals surface area (Å²) in [7, 11) is 0. The summed E-state index contributed by atoms with van der Waals surface area (Å²) in [6.07, 6.45) is -8.94. The molecule has 1 aromatic rings. The van der Waals surface area contributed by atoms with Crippen molar-refractivity contribution in [2.24, 2.45) is 0 Å². The van der Waals surface area contributed by atoms with Gasteiger partial charge in [0.15, 0.2) is 6.29 Å². The van der Waals surface area contributed by atoms with Gasteiger partial charge in [0.2, 0.25) is 0 Å². The second-order valence-corrected chi connectivity index (χ2v) is 2.73. The van der Waals surface area contributed by atoms with Crippen molar-refractivity contribution in [1.29, 1.82) is 0 Å². The zero-order chi connectivity index (χ0) is 12.3. The Kier molecular flexibility index (Phi) is 3.46. The average Bonchev–Trinajstić information content (AvgIpc) is 2.17. The summed E-state index contributed by atoms with van der Waals surface area (Å²) in [5.74, 6) is -2.06. The van der Waals surface area contributed by atoms with Gasteiger partial charge >= 0.3 is 12.5 Å². The van der Waals surface area contributed by atoms with Crippen molar-refractivity contribution in [3.63, 3.8) is 0 Å². The normalized spacial score (nSPS) is 11.6. The van der Waals surface area contributed by atoms with E-state index in [9.17, 15) is 26.7 Å². The van der Waals surface area contributed by atoms with Crippen molar-refractivity contribution >= 4 is 6.29 Å². The van der Waals surface area contributed by atoms with Gasteiger partial charge in [0.25, 0.3) is 0 Å². The van der Waals surface area contributed by atoms with Gasteiger partial charge in [-0.05, 0) is 12.1 Å². The van der Waals surface area contributed by atoms with Crippen LogP contribution >= 0.6 is 0 Å². The molecule has 0 fully saturated rings. The number of rotatable bonds is 4. The third kappa shape index (κ3) is 2.47.